The zero-order valence-corrected chi connectivity index (χ0v) is 19.3. The van der Waals surface area contributed by atoms with Crippen LogP contribution in [0.3, 0.4) is 0 Å². The molecule has 0 radical (unpaired) electrons. The van der Waals surface area contributed by atoms with E-state index in [0.717, 1.165) is 0 Å². The quantitative estimate of drug-likeness (QED) is 0.446. The van der Waals surface area contributed by atoms with E-state index >= 15 is 0 Å². The average Bonchev–Trinajstić information content (AvgIpc) is 2.73. The van der Waals surface area contributed by atoms with Gasteiger partial charge < -0.3 is 9.05 Å². The summed E-state index contributed by atoms with van der Waals surface area (Å²) in [6.07, 6.45) is -0.633. The molecule has 0 bridgehead atoms. The van der Waals surface area contributed by atoms with Gasteiger partial charge in [0.1, 0.15) is 0 Å². The van der Waals surface area contributed by atoms with Gasteiger partial charge in [-0.25, -0.2) is 16.8 Å². The van der Waals surface area contributed by atoms with Crippen LogP contribution in [0.15, 0.2) is 82.3 Å². The minimum absolute atomic E-state index is 0.0256. The Bertz CT molecular complexity index is 1030. The maximum atomic E-state index is 13.3. The van der Waals surface area contributed by atoms with Crippen molar-refractivity contribution in [2.24, 2.45) is 0 Å². The second-order valence-electron chi connectivity index (χ2n) is 6.25. The predicted octanol–water partition coefficient (Wildman–Crippen LogP) is 4.43. The minimum Gasteiger partial charge on any atom is -0.306 e. The largest absolute Gasteiger partial charge is 0.356 e. The summed E-state index contributed by atoms with van der Waals surface area (Å²) >= 11 is 0. The SMILES string of the molecule is C=C(CC(S(=O)(=O)c1ccccc1)S(=O)(=O)c1ccccc1)P(=O)(OCC)OCC. The molecule has 7 nitrogen and oxygen atoms in total. The van der Waals surface area contributed by atoms with Gasteiger partial charge in [-0.05, 0) is 38.1 Å². The normalized spacial score (nSPS) is 12.8. The van der Waals surface area contributed by atoms with Crippen molar-refractivity contribution in [1.82, 2.24) is 0 Å². The summed E-state index contributed by atoms with van der Waals surface area (Å²) in [5.74, 6) is 0. The van der Waals surface area contributed by atoms with Crippen LogP contribution >= 0.6 is 7.60 Å². The van der Waals surface area contributed by atoms with E-state index in [2.05, 4.69) is 6.58 Å². The molecule has 2 rings (SSSR count). The van der Waals surface area contributed by atoms with Crippen LogP contribution in [-0.4, -0.2) is 34.6 Å². The predicted molar refractivity (Wildman–Crippen MR) is 116 cm³/mol. The summed E-state index contributed by atoms with van der Waals surface area (Å²) in [6, 6.07) is 14.5. The summed E-state index contributed by atoms with van der Waals surface area (Å²) < 4.78 is 74.9. The van der Waals surface area contributed by atoms with Crippen molar-refractivity contribution < 1.29 is 30.4 Å². The first kappa shape index (κ1) is 24.5. The zero-order chi connectivity index (χ0) is 22.4. The van der Waals surface area contributed by atoms with Crippen molar-refractivity contribution in [2.75, 3.05) is 13.2 Å². The molecule has 164 valence electrons. The Morgan fingerprint density at radius 2 is 1.20 bits per heavy atom. The van der Waals surface area contributed by atoms with Crippen LogP contribution in [0.4, 0.5) is 0 Å². The Kier molecular flexibility index (Phi) is 8.19. The molecule has 0 saturated carbocycles. The highest BCUT2D eigenvalue weighted by Gasteiger charge is 2.43. The third-order valence-corrected chi connectivity index (χ3v) is 11.5. The minimum atomic E-state index is -4.37. The van der Waals surface area contributed by atoms with Crippen molar-refractivity contribution in [3.8, 4) is 0 Å². The van der Waals surface area contributed by atoms with Crippen molar-refractivity contribution in [2.45, 2.75) is 34.6 Å². The van der Waals surface area contributed by atoms with Crippen molar-refractivity contribution in [3.63, 3.8) is 0 Å². The molecular weight excluding hydrogens is 447 g/mol. The lowest BCUT2D eigenvalue weighted by molar-refractivity contribution is 0.225. The second kappa shape index (κ2) is 10.0. The third kappa shape index (κ3) is 5.28. The van der Waals surface area contributed by atoms with Gasteiger partial charge >= 0.3 is 7.60 Å². The molecule has 2 aromatic carbocycles. The van der Waals surface area contributed by atoms with Gasteiger partial charge in [-0.15, -0.1) is 0 Å². The van der Waals surface area contributed by atoms with E-state index in [1.54, 1.807) is 26.0 Å². The highest BCUT2D eigenvalue weighted by molar-refractivity contribution is 8.09. The van der Waals surface area contributed by atoms with Gasteiger partial charge in [0, 0.05) is 11.7 Å². The molecule has 0 atom stereocenters. The van der Waals surface area contributed by atoms with Crippen LogP contribution < -0.4 is 0 Å². The molecule has 0 unspecified atom stereocenters. The highest BCUT2D eigenvalue weighted by atomic mass is 32.3. The van der Waals surface area contributed by atoms with E-state index in [9.17, 15) is 21.4 Å². The Balaban J connectivity index is 2.60. The van der Waals surface area contributed by atoms with Crippen LogP contribution in [0, 0.1) is 0 Å². The highest BCUT2D eigenvalue weighted by Crippen LogP contribution is 2.57. The number of rotatable bonds is 11. The van der Waals surface area contributed by atoms with Gasteiger partial charge in [0.15, 0.2) is 24.3 Å². The lowest BCUT2D eigenvalue weighted by Crippen LogP contribution is -2.31. The van der Waals surface area contributed by atoms with Crippen LogP contribution in [0.5, 0.6) is 0 Å². The maximum absolute atomic E-state index is 13.3. The smallest absolute Gasteiger partial charge is 0.306 e. The van der Waals surface area contributed by atoms with Gasteiger partial charge in [0.2, 0.25) is 0 Å². The van der Waals surface area contributed by atoms with E-state index in [1.165, 1.54) is 48.5 Å². The van der Waals surface area contributed by atoms with E-state index in [-0.39, 0.29) is 28.3 Å². The lowest BCUT2D eigenvalue weighted by atomic mass is 10.4. The summed E-state index contributed by atoms with van der Waals surface area (Å²) in [5, 5.41) is -0.213. The number of benzene rings is 2. The molecule has 10 heteroatoms. The van der Waals surface area contributed by atoms with E-state index < -0.39 is 38.3 Å². The fourth-order valence-electron chi connectivity index (χ4n) is 2.77. The molecule has 0 amide bonds. The number of hydrogen-bond donors (Lipinski definition) is 0. The first-order chi connectivity index (χ1) is 14.1. The van der Waals surface area contributed by atoms with Crippen molar-refractivity contribution in [1.29, 1.82) is 0 Å². The molecule has 0 fully saturated rings. The summed E-state index contributed by atoms with van der Waals surface area (Å²) in [7, 11) is -12.7. The van der Waals surface area contributed by atoms with Crippen molar-refractivity contribution >= 4 is 27.3 Å². The number of hydrogen-bond acceptors (Lipinski definition) is 7. The molecule has 2 aromatic rings. The molecule has 0 aliphatic carbocycles. The topological polar surface area (TPSA) is 104 Å². The maximum Gasteiger partial charge on any atom is 0.356 e. The number of sulfone groups is 2. The van der Waals surface area contributed by atoms with E-state index in [1.807, 2.05) is 0 Å². The molecule has 0 aliphatic heterocycles. The van der Waals surface area contributed by atoms with E-state index in [0.29, 0.717) is 0 Å². The van der Waals surface area contributed by atoms with Crippen LogP contribution in [-0.2, 0) is 33.3 Å². The van der Waals surface area contributed by atoms with Gasteiger partial charge in [-0.2, -0.15) is 0 Å². The Morgan fingerprint density at radius 1 is 0.833 bits per heavy atom. The van der Waals surface area contributed by atoms with Crippen LogP contribution in [0.1, 0.15) is 20.3 Å². The Morgan fingerprint density at radius 3 is 1.53 bits per heavy atom. The molecular formula is C20H25O7PS2. The van der Waals surface area contributed by atoms with Crippen molar-refractivity contribution in [3.05, 3.63) is 72.6 Å². The number of allylic oxidation sites excluding steroid dienone is 1. The second-order valence-corrected chi connectivity index (χ2v) is 13.0. The first-order valence-electron chi connectivity index (χ1n) is 9.25. The fourth-order valence-corrected chi connectivity index (χ4v) is 9.07. The summed E-state index contributed by atoms with van der Waals surface area (Å²) in [5.41, 5.74) is 0. The standard InChI is InChI=1S/C20H25O7PS2/c1-4-26-28(21,27-5-2)17(3)16-20(29(22,23)18-12-8-6-9-13-18)30(24,25)19-14-10-7-11-15-19/h6-15,20H,3-5,16H2,1-2H3. The lowest BCUT2D eigenvalue weighted by Gasteiger charge is -2.23. The van der Waals surface area contributed by atoms with Crippen LogP contribution in [0.25, 0.3) is 0 Å². The van der Waals surface area contributed by atoms with Gasteiger partial charge in [-0.1, -0.05) is 43.0 Å². The molecule has 0 saturated heterocycles. The summed E-state index contributed by atoms with van der Waals surface area (Å²) in [4.78, 5) is -0.324. The third-order valence-electron chi connectivity index (χ3n) is 4.22. The van der Waals surface area contributed by atoms with Gasteiger partial charge in [0.05, 0.1) is 23.0 Å². The molecule has 0 aromatic heterocycles. The molecule has 0 spiro atoms. The molecule has 30 heavy (non-hydrogen) atoms. The first-order valence-corrected chi connectivity index (χ1v) is 13.9. The average molecular weight is 473 g/mol. The Labute approximate surface area is 178 Å². The molecule has 0 aliphatic rings. The van der Waals surface area contributed by atoms with Gasteiger partial charge in [0.25, 0.3) is 0 Å². The zero-order valence-electron chi connectivity index (χ0n) is 16.8. The summed E-state index contributed by atoms with van der Waals surface area (Å²) in [6.45, 7) is 6.92. The van der Waals surface area contributed by atoms with E-state index in [4.69, 9.17) is 9.05 Å². The molecule has 0 N–H and O–H groups in total. The fraction of sp³-hybridized carbons (Fsp3) is 0.300. The Hall–Kier alpha value is -1.77. The van der Waals surface area contributed by atoms with Gasteiger partial charge in [-0.3, -0.25) is 4.57 Å². The van der Waals surface area contributed by atoms with Crippen LogP contribution in [0.2, 0.25) is 0 Å². The molecule has 0 heterocycles. The monoisotopic (exact) mass is 472 g/mol.